The van der Waals surface area contributed by atoms with Gasteiger partial charge >= 0.3 is 36.4 Å². The van der Waals surface area contributed by atoms with E-state index in [9.17, 15) is 64.1 Å². The number of esters is 1. The van der Waals surface area contributed by atoms with Crippen LogP contribution >= 0.6 is 0 Å². The average molecular weight is 1790 g/mol. The van der Waals surface area contributed by atoms with Gasteiger partial charge < -0.3 is 87.5 Å². The summed E-state index contributed by atoms with van der Waals surface area (Å²) in [5.41, 5.74) is 0.880. The van der Waals surface area contributed by atoms with Crippen molar-refractivity contribution in [2.75, 3.05) is 158 Å². The van der Waals surface area contributed by atoms with E-state index in [1.807, 2.05) is 87.5 Å². The van der Waals surface area contributed by atoms with E-state index in [2.05, 4.69) is 29.7 Å². The van der Waals surface area contributed by atoms with E-state index < -0.39 is 102 Å². The fourth-order valence-electron chi connectivity index (χ4n) is 15.8. The molecule has 0 saturated carbocycles. The number of halogens is 14. The van der Waals surface area contributed by atoms with Gasteiger partial charge in [-0.25, -0.2) is 28.1 Å². The largest absolute Gasteiger partial charge is 0.497 e. The molecule has 3 saturated heterocycles. The number of aliphatic carboxylic acids is 2. The number of aliphatic imine (C=N–C) groups is 3. The van der Waals surface area contributed by atoms with Gasteiger partial charge in [0.25, 0.3) is 0 Å². The summed E-state index contributed by atoms with van der Waals surface area (Å²) in [4.78, 5) is 67.0. The summed E-state index contributed by atoms with van der Waals surface area (Å²) in [7, 11) is 9.97. The Balaban J connectivity index is 0.000000196. The molecule has 127 heavy (non-hydrogen) atoms. The van der Waals surface area contributed by atoms with Crippen molar-refractivity contribution in [3.63, 3.8) is 0 Å². The highest BCUT2D eigenvalue weighted by Gasteiger charge is 2.46. The molecule has 678 valence electrons. The van der Waals surface area contributed by atoms with Crippen molar-refractivity contribution < 1.29 is 120 Å². The summed E-state index contributed by atoms with van der Waals surface area (Å²) in [5, 5.41) is 19.7. The molecule has 3 fully saturated rings. The van der Waals surface area contributed by atoms with Gasteiger partial charge in [0.05, 0.1) is 121 Å². The second-order valence-corrected chi connectivity index (χ2v) is 29.1. The monoisotopic (exact) mass is 1790 g/mol. The molecule has 0 aromatic heterocycles. The lowest BCUT2D eigenvalue weighted by molar-refractivity contribution is -0.141. The normalized spacial score (nSPS) is 16.7. The highest BCUT2D eigenvalue weighted by molar-refractivity contribution is 6.05. The van der Waals surface area contributed by atoms with Crippen molar-refractivity contribution in [1.29, 1.82) is 0 Å². The number of rotatable bonds is 18. The number of carboxylic acid groups (broad SMARTS) is 2. The first-order valence-electron chi connectivity index (χ1n) is 39.0. The van der Waals surface area contributed by atoms with Crippen molar-refractivity contribution in [3.8, 4) is 34.5 Å². The number of carbonyl (C=O) groups excluding carboxylic acids is 1. The van der Waals surface area contributed by atoms with Crippen molar-refractivity contribution in [1.82, 2.24) is 14.7 Å². The lowest BCUT2D eigenvalue weighted by Crippen LogP contribution is -2.55. The molecule has 0 aliphatic carbocycles. The molecule has 0 radical (unpaired) electrons. The van der Waals surface area contributed by atoms with E-state index in [1.54, 1.807) is 39.5 Å². The van der Waals surface area contributed by atoms with Gasteiger partial charge in [-0.05, 0) is 109 Å². The maximum atomic E-state index is 15.2. The number of carbonyl (C=O) groups is 3. The van der Waals surface area contributed by atoms with Crippen LogP contribution in [-0.4, -0.2) is 189 Å². The maximum absolute atomic E-state index is 15.2. The van der Waals surface area contributed by atoms with Gasteiger partial charge in [-0.2, -0.15) is 39.5 Å². The Labute approximate surface area is 721 Å². The second-order valence-electron chi connectivity index (χ2n) is 29.1. The fraction of sp³-hybridized carbons (Fsp3) is 0.326. The number of anilines is 6. The van der Waals surface area contributed by atoms with E-state index in [1.165, 1.54) is 97.7 Å². The SMILES string of the molecule is C.COC(=O)C[C@H]1c2cccc(F)c2N=C(N2CCN(c3cccc(OC)c3)CC2)N1c1cc(C(F)(F)F)ccc1OC.COc1cccc(N2CCN(C3=Nc4c(F)cccc4C(CC(=O)O)N3c3cc(C(F)(F)F)ccc3OC)CC2)c1.COc1cccc(N2CCN(C3=Nc4c(F)cccc4[C@H](CC(=O)O)N3c3cc(C(F)(F)F)ccc3OC)CC2)c1.F.F. The van der Waals surface area contributed by atoms with Crippen molar-refractivity contribution >= 4 is 87.0 Å². The minimum absolute atomic E-state index is 0. The van der Waals surface area contributed by atoms with Gasteiger partial charge in [0.1, 0.15) is 69.0 Å². The first kappa shape index (κ1) is 95.6. The molecule has 3 atom stereocenters. The smallest absolute Gasteiger partial charge is 0.416 e. The molecular weight excluding hydrogens is 1700 g/mol. The number of hydrogen-bond donors (Lipinski definition) is 2. The molecule has 6 aliphatic heterocycles. The van der Waals surface area contributed by atoms with Crippen LogP contribution < -0.4 is 57.8 Å². The van der Waals surface area contributed by atoms with E-state index in [4.69, 9.17) is 33.2 Å². The maximum Gasteiger partial charge on any atom is 0.416 e. The molecule has 6 heterocycles. The predicted molar refractivity (Wildman–Crippen MR) is 453 cm³/mol. The molecule has 38 heteroatoms. The number of carboxylic acids is 2. The third-order valence-electron chi connectivity index (χ3n) is 21.9. The minimum atomic E-state index is -4.66. The van der Waals surface area contributed by atoms with Crippen LogP contribution in [0.2, 0.25) is 0 Å². The highest BCUT2D eigenvalue weighted by Crippen LogP contribution is 2.51. The van der Waals surface area contributed by atoms with Gasteiger partial charge in [0, 0.05) is 130 Å². The van der Waals surface area contributed by atoms with Crippen LogP contribution in [0.3, 0.4) is 0 Å². The first-order chi connectivity index (χ1) is 59.3. The van der Waals surface area contributed by atoms with Crippen LogP contribution in [0, 0.1) is 17.5 Å². The fourth-order valence-corrected chi connectivity index (χ4v) is 15.8. The summed E-state index contributed by atoms with van der Waals surface area (Å²) in [6, 6.07) is 41.6. The van der Waals surface area contributed by atoms with Crippen molar-refractivity contribution in [2.45, 2.75) is 63.3 Å². The minimum Gasteiger partial charge on any atom is -0.497 e. The molecule has 0 amide bonds. The van der Waals surface area contributed by atoms with Gasteiger partial charge in [-0.3, -0.25) is 23.8 Å². The number of alkyl halides is 9. The van der Waals surface area contributed by atoms with Crippen molar-refractivity contribution in [2.24, 2.45) is 15.0 Å². The summed E-state index contributed by atoms with van der Waals surface area (Å²) in [5.74, 6) is -1.98. The Bertz CT molecular complexity index is 5270. The molecule has 9 aromatic rings. The zero-order chi connectivity index (χ0) is 88.6. The number of benzene rings is 9. The lowest BCUT2D eigenvalue weighted by Gasteiger charge is -2.45. The first-order valence-corrected chi connectivity index (χ1v) is 39.0. The molecule has 0 spiro atoms. The molecule has 6 aliphatic rings. The third kappa shape index (κ3) is 21.0. The summed E-state index contributed by atoms with van der Waals surface area (Å²) in [6.07, 6.45) is -15.3. The van der Waals surface area contributed by atoms with Crippen molar-refractivity contribution in [3.05, 3.63) is 233 Å². The summed E-state index contributed by atoms with van der Waals surface area (Å²) >= 11 is 0. The molecule has 2 N–H and O–H groups in total. The standard InChI is InChI=1S/C30H30F4N4O4.2C29H28F4N4O4.CH4.2FH/c1-40-21-7-4-6-20(17-21)36-12-14-37(15-13-36)29-35-28-22(8-5-9-23(28)31)24(18-27(39)42-3)38(29)25-16-19(30(32,33)34)10-11-26(25)41-2;2*1-40-20-6-3-5-19(16-20)35-11-13-36(14-12-35)28-34-27-21(7-4-8-22(27)30)23(17-26(38)39)37(28)24-15-18(29(31,32)33)9-10-25(24)41-2;;;/h4-11,16-17,24H,12-15,18H2,1-3H3;2*3-10,15-16,23H,11-14,17H2,1-2H3,(H,38,39);1H4;2*1H/t24-;23-;;;;/m00..../s1. The number of hydrogen-bond acceptors (Lipinski definition) is 22. The zero-order valence-electron chi connectivity index (χ0n) is 68.9. The quantitative estimate of drug-likeness (QED) is 0.0602. The Morgan fingerprint density at radius 2 is 0.598 bits per heavy atom. The Morgan fingerprint density at radius 1 is 0.346 bits per heavy atom. The second kappa shape index (κ2) is 40.6. The van der Waals surface area contributed by atoms with Gasteiger partial charge in [0.15, 0.2) is 0 Å². The van der Waals surface area contributed by atoms with Gasteiger partial charge in [-0.15, -0.1) is 0 Å². The lowest BCUT2D eigenvalue weighted by atomic mass is 9.96. The average Bonchev–Trinajstić information content (AvgIpc) is 0.729. The number of ether oxygens (including phenoxy) is 7. The number of piperazine rings is 3. The van der Waals surface area contributed by atoms with Crippen LogP contribution in [0.1, 0.15) is 78.2 Å². The van der Waals surface area contributed by atoms with E-state index in [0.29, 0.717) is 101 Å². The number of fused-ring (bicyclic) bond motifs is 3. The molecular formula is C89H92F14N12O12. The van der Waals surface area contributed by atoms with Crippen LogP contribution in [0.15, 0.2) is 197 Å². The Kier molecular flexibility index (Phi) is 30.6. The zero-order valence-corrected chi connectivity index (χ0v) is 68.9. The third-order valence-corrected chi connectivity index (χ3v) is 21.9. The van der Waals surface area contributed by atoms with Crippen LogP contribution in [-0.2, 0) is 37.6 Å². The summed E-state index contributed by atoms with van der Waals surface area (Å²) < 4.78 is 207. The molecule has 24 nitrogen and oxygen atoms in total. The Hall–Kier alpha value is -13.6. The summed E-state index contributed by atoms with van der Waals surface area (Å²) in [6.45, 7) is 5.56. The molecule has 0 bridgehead atoms. The molecule has 9 aromatic carbocycles. The van der Waals surface area contributed by atoms with E-state index in [0.717, 1.165) is 53.5 Å². The van der Waals surface area contributed by atoms with Gasteiger partial charge in [0.2, 0.25) is 17.9 Å². The Morgan fingerprint density at radius 3 is 0.835 bits per heavy atom. The number of para-hydroxylation sites is 3. The topological polar surface area (TPSA) is 223 Å². The van der Waals surface area contributed by atoms with Crippen LogP contribution in [0.4, 0.5) is 113 Å². The van der Waals surface area contributed by atoms with Crippen LogP contribution in [0.5, 0.6) is 34.5 Å². The predicted octanol–water partition coefficient (Wildman–Crippen LogP) is 18.2. The van der Waals surface area contributed by atoms with E-state index in [-0.39, 0.29) is 104 Å². The number of nitrogens with zero attached hydrogens (tertiary/aromatic N) is 12. The van der Waals surface area contributed by atoms with Crippen LogP contribution in [0.25, 0.3) is 0 Å². The highest BCUT2D eigenvalue weighted by atomic mass is 19.4. The van der Waals surface area contributed by atoms with Gasteiger partial charge in [-0.1, -0.05) is 62.0 Å². The number of guanidine groups is 3. The molecule has 15 rings (SSSR count). The number of methoxy groups -OCH3 is 7. The molecule has 1 unspecified atom stereocenters. The van der Waals surface area contributed by atoms with E-state index >= 15 is 13.2 Å².